The van der Waals surface area contributed by atoms with Crippen LogP contribution >= 0.6 is 11.6 Å². The molecule has 0 radical (unpaired) electrons. The van der Waals surface area contributed by atoms with E-state index in [-0.39, 0.29) is 5.75 Å². The number of rotatable bonds is 8. The summed E-state index contributed by atoms with van der Waals surface area (Å²) in [5, 5.41) is 7.09. The van der Waals surface area contributed by atoms with Crippen molar-refractivity contribution in [1.29, 1.82) is 0 Å². The van der Waals surface area contributed by atoms with Crippen molar-refractivity contribution in [1.82, 2.24) is 10.6 Å². The molecule has 0 aliphatic carbocycles. The largest absolute Gasteiger partial charge is 0.356 e. The minimum Gasteiger partial charge on any atom is -0.356 e. The van der Waals surface area contributed by atoms with E-state index in [4.69, 9.17) is 11.6 Å². The number of benzene rings is 2. The third-order valence-electron chi connectivity index (χ3n) is 3.85. The van der Waals surface area contributed by atoms with Crippen LogP contribution in [0.25, 0.3) is 0 Å². The minimum atomic E-state index is -3.24. The molecular weight excluding hydrogens is 370 g/mol. The van der Waals surface area contributed by atoms with Crippen LogP contribution in [0.1, 0.15) is 12.0 Å². The molecule has 0 aromatic heterocycles. The molecule has 0 aliphatic rings. The minimum absolute atomic E-state index is 0.0978. The summed E-state index contributed by atoms with van der Waals surface area (Å²) in [5.74, 6) is 0.745. The molecule has 0 heterocycles. The maximum Gasteiger partial charge on any atom is 0.190 e. The highest BCUT2D eigenvalue weighted by Gasteiger charge is 2.13. The first-order chi connectivity index (χ1) is 12.5. The zero-order valence-electron chi connectivity index (χ0n) is 14.8. The van der Waals surface area contributed by atoms with E-state index in [2.05, 4.69) is 15.6 Å². The van der Waals surface area contributed by atoms with Crippen LogP contribution in [-0.4, -0.2) is 40.3 Å². The lowest BCUT2D eigenvalue weighted by Gasteiger charge is -2.12. The van der Waals surface area contributed by atoms with Crippen molar-refractivity contribution in [3.63, 3.8) is 0 Å². The Morgan fingerprint density at radius 3 is 2.35 bits per heavy atom. The van der Waals surface area contributed by atoms with Crippen molar-refractivity contribution in [3.05, 3.63) is 65.2 Å². The number of aliphatic imine (C=N–C) groups is 1. The SMILES string of the molecule is CN=C(NCCCS(=O)(=O)c1ccccc1)NCCc1ccccc1Cl. The van der Waals surface area contributed by atoms with Crippen LogP contribution in [0, 0.1) is 0 Å². The number of halogens is 1. The maximum atomic E-state index is 12.2. The monoisotopic (exact) mass is 393 g/mol. The van der Waals surface area contributed by atoms with E-state index in [0.29, 0.717) is 30.4 Å². The smallest absolute Gasteiger partial charge is 0.190 e. The van der Waals surface area contributed by atoms with E-state index in [1.165, 1.54) is 0 Å². The normalized spacial score (nSPS) is 12.0. The molecule has 0 saturated heterocycles. The lowest BCUT2D eigenvalue weighted by atomic mass is 10.1. The summed E-state index contributed by atoms with van der Waals surface area (Å²) in [5.41, 5.74) is 1.08. The summed E-state index contributed by atoms with van der Waals surface area (Å²) in [6.07, 6.45) is 1.28. The Morgan fingerprint density at radius 1 is 1.00 bits per heavy atom. The van der Waals surface area contributed by atoms with Crippen LogP contribution in [0.4, 0.5) is 0 Å². The molecule has 2 aromatic rings. The third kappa shape index (κ3) is 6.35. The summed E-state index contributed by atoms with van der Waals surface area (Å²) in [6, 6.07) is 16.2. The third-order valence-corrected chi connectivity index (χ3v) is 6.04. The number of hydrogen-bond acceptors (Lipinski definition) is 3. The highest BCUT2D eigenvalue weighted by molar-refractivity contribution is 7.91. The average molecular weight is 394 g/mol. The van der Waals surface area contributed by atoms with Gasteiger partial charge in [0, 0.05) is 25.2 Å². The Kier molecular flexibility index (Phi) is 7.94. The van der Waals surface area contributed by atoms with Crippen LogP contribution in [0.15, 0.2) is 64.5 Å². The molecule has 0 aliphatic heterocycles. The molecule has 0 atom stereocenters. The van der Waals surface area contributed by atoms with Crippen molar-refractivity contribution in [2.75, 3.05) is 25.9 Å². The van der Waals surface area contributed by atoms with Crippen LogP contribution in [0.2, 0.25) is 5.02 Å². The Labute approximate surface area is 160 Å². The molecule has 0 fully saturated rings. The van der Waals surface area contributed by atoms with Crippen molar-refractivity contribution in [2.45, 2.75) is 17.7 Å². The highest BCUT2D eigenvalue weighted by Crippen LogP contribution is 2.14. The van der Waals surface area contributed by atoms with Crippen LogP contribution in [0.3, 0.4) is 0 Å². The second-order valence-corrected chi connectivity index (χ2v) is 8.27. The highest BCUT2D eigenvalue weighted by atomic mass is 35.5. The van der Waals surface area contributed by atoms with E-state index >= 15 is 0 Å². The van der Waals surface area contributed by atoms with Gasteiger partial charge < -0.3 is 10.6 Å². The van der Waals surface area contributed by atoms with Crippen molar-refractivity contribution in [3.8, 4) is 0 Å². The fourth-order valence-electron chi connectivity index (χ4n) is 2.45. The van der Waals surface area contributed by atoms with E-state index in [1.54, 1.807) is 37.4 Å². The van der Waals surface area contributed by atoms with Crippen LogP contribution < -0.4 is 10.6 Å². The molecule has 0 amide bonds. The van der Waals surface area contributed by atoms with Crippen LogP contribution in [-0.2, 0) is 16.3 Å². The van der Waals surface area contributed by atoms with Gasteiger partial charge in [-0.1, -0.05) is 48.0 Å². The van der Waals surface area contributed by atoms with Crippen molar-refractivity contribution < 1.29 is 8.42 Å². The summed E-state index contributed by atoms with van der Waals surface area (Å²) in [4.78, 5) is 4.51. The molecule has 140 valence electrons. The Bertz CT molecular complexity index is 824. The first-order valence-electron chi connectivity index (χ1n) is 8.48. The predicted octanol–water partition coefficient (Wildman–Crippen LogP) is 2.91. The molecule has 0 saturated carbocycles. The Morgan fingerprint density at radius 2 is 1.65 bits per heavy atom. The van der Waals surface area contributed by atoms with E-state index in [1.807, 2.05) is 24.3 Å². The van der Waals surface area contributed by atoms with E-state index < -0.39 is 9.84 Å². The molecule has 26 heavy (non-hydrogen) atoms. The topological polar surface area (TPSA) is 70.6 Å². The number of sulfone groups is 1. The molecule has 0 unspecified atom stereocenters. The first-order valence-corrected chi connectivity index (χ1v) is 10.5. The van der Waals surface area contributed by atoms with Gasteiger partial charge in [-0.2, -0.15) is 0 Å². The standard InChI is InChI=1S/C19H24ClN3O2S/c1-21-19(23-14-12-16-8-5-6-11-18(16)20)22-13-7-15-26(24,25)17-9-3-2-4-10-17/h2-6,8-11H,7,12-15H2,1H3,(H2,21,22,23). The van der Waals surface area contributed by atoms with Gasteiger partial charge in [0.05, 0.1) is 10.6 Å². The van der Waals surface area contributed by atoms with Gasteiger partial charge in [-0.15, -0.1) is 0 Å². The molecule has 0 spiro atoms. The molecule has 0 bridgehead atoms. The molecular formula is C19H24ClN3O2S. The second-order valence-electron chi connectivity index (χ2n) is 5.75. The van der Waals surface area contributed by atoms with E-state index in [0.717, 1.165) is 17.0 Å². The van der Waals surface area contributed by atoms with Gasteiger partial charge in [0.1, 0.15) is 0 Å². The Hall–Kier alpha value is -2.05. The summed E-state index contributed by atoms with van der Waals surface area (Å²) in [7, 11) is -1.55. The summed E-state index contributed by atoms with van der Waals surface area (Å²) < 4.78 is 24.4. The molecule has 5 nitrogen and oxygen atoms in total. The molecule has 2 N–H and O–H groups in total. The first kappa shape index (κ1) is 20.3. The van der Waals surface area contributed by atoms with E-state index in [9.17, 15) is 8.42 Å². The number of nitrogens with zero attached hydrogens (tertiary/aromatic N) is 1. The summed E-state index contributed by atoms with van der Waals surface area (Å²) in [6.45, 7) is 1.21. The zero-order chi connectivity index (χ0) is 18.8. The number of hydrogen-bond donors (Lipinski definition) is 2. The van der Waals surface area contributed by atoms with Gasteiger partial charge in [-0.25, -0.2) is 8.42 Å². The van der Waals surface area contributed by atoms with Gasteiger partial charge in [-0.3, -0.25) is 4.99 Å². The lowest BCUT2D eigenvalue weighted by Crippen LogP contribution is -2.39. The quantitative estimate of drug-likeness (QED) is 0.411. The van der Waals surface area contributed by atoms with Gasteiger partial charge >= 0.3 is 0 Å². The second kappa shape index (κ2) is 10.2. The van der Waals surface area contributed by atoms with Crippen molar-refractivity contribution >= 4 is 27.4 Å². The zero-order valence-corrected chi connectivity index (χ0v) is 16.4. The van der Waals surface area contributed by atoms with Gasteiger partial charge in [0.15, 0.2) is 15.8 Å². The summed E-state index contributed by atoms with van der Waals surface area (Å²) >= 11 is 6.14. The maximum absolute atomic E-state index is 12.2. The predicted molar refractivity (Wildman–Crippen MR) is 108 cm³/mol. The van der Waals surface area contributed by atoms with Crippen molar-refractivity contribution in [2.24, 2.45) is 4.99 Å². The van der Waals surface area contributed by atoms with Crippen LogP contribution in [0.5, 0.6) is 0 Å². The van der Waals surface area contributed by atoms with Gasteiger partial charge in [0.25, 0.3) is 0 Å². The van der Waals surface area contributed by atoms with Gasteiger partial charge in [0.2, 0.25) is 0 Å². The average Bonchev–Trinajstić information content (AvgIpc) is 2.66. The van der Waals surface area contributed by atoms with Gasteiger partial charge in [-0.05, 0) is 36.6 Å². The fraction of sp³-hybridized carbons (Fsp3) is 0.316. The lowest BCUT2D eigenvalue weighted by molar-refractivity contribution is 0.592. The molecule has 2 aromatic carbocycles. The number of guanidine groups is 1. The fourth-order valence-corrected chi connectivity index (χ4v) is 4.01. The molecule has 2 rings (SSSR count). The molecule has 7 heteroatoms. The number of nitrogens with one attached hydrogen (secondary N) is 2. The Balaban J connectivity index is 1.71.